The average molecular weight is 239 g/mol. The van der Waals surface area contributed by atoms with Gasteiger partial charge in [0.15, 0.2) is 0 Å². The smallest absolute Gasteiger partial charge is 0.254 e. The van der Waals surface area contributed by atoms with Gasteiger partial charge < -0.3 is 5.32 Å². The summed E-state index contributed by atoms with van der Waals surface area (Å²) in [6.45, 7) is 2.66. The van der Waals surface area contributed by atoms with Gasteiger partial charge in [-0.1, -0.05) is 0 Å². The first-order valence-electron chi connectivity index (χ1n) is 5.63. The molecule has 4 nitrogen and oxygen atoms in total. The van der Waals surface area contributed by atoms with Crippen LogP contribution in [0.5, 0.6) is 0 Å². The minimum Gasteiger partial charge on any atom is -0.352 e. The van der Waals surface area contributed by atoms with Crippen molar-refractivity contribution in [1.29, 1.82) is 0 Å². The van der Waals surface area contributed by atoms with E-state index in [-0.39, 0.29) is 5.91 Å². The van der Waals surface area contributed by atoms with Crippen molar-refractivity contribution < 1.29 is 4.79 Å². The largest absolute Gasteiger partial charge is 0.352 e. The van der Waals surface area contributed by atoms with E-state index >= 15 is 0 Å². The van der Waals surface area contributed by atoms with Crippen LogP contribution in [0.25, 0.3) is 0 Å². The van der Waals surface area contributed by atoms with Gasteiger partial charge in [-0.3, -0.25) is 9.89 Å². The molecule has 1 saturated heterocycles. The SMILES string of the molecule is Cc1[nH]ncc1C(=O)NCC1CCSCC1. The first kappa shape index (κ1) is 11.5. The molecule has 1 aliphatic rings. The fraction of sp³-hybridized carbons (Fsp3) is 0.636. The predicted molar refractivity (Wildman–Crippen MR) is 65.7 cm³/mol. The molecule has 5 heteroatoms. The van der Waals surface area contributed by atoms with E-state index in [0.29, 0.717) is 11.5 Å². The van der Waals surface area contributed by atoms with Crippen molar-refractivity contribution in [2.24, 2.45) is 5.92 Å². The van der Waals surface area contributed by atoms with Crippen LogP contribution in [0.15, 0.2) is 6.20 Å². The lowest BCUT2D eigenvalue weighted by Gasteiger charge is -2.21. The Bertz CT molecular complexity index is 358. The summed E-state index contributed by atoms with van der Waals surface area (Å²) in [5.74, 6) is 3.10. The number of hydrogen-bond donors (Lipinski definition) is 2. The number of aromatic amines is 1. The highest BCUT2D eigenvalue weighted by Gasteiger charge is 2.16. The molecule has 1 aromatic heterocycles. The fourth-order valence-corrected chi connectivity index (χ4v) is 3.07. The van der Waals surface area contributed by atoms with Gasteiger partial charge >= 0.3 is 0 Å². The van der Waals surface area contributed by atoms with Crippen LogP contribution in [-0.2, 0) is 0 Å². The summed E-state index contributed by atoms with van der Waals surface area (Å²) in [5, 5.41) is 9.61. The summed E-state index contributed by atoms with van der Waals surface area (Å²) < 4.78 is 0. The number of carbonyl (C=O) groups is 1. The van der Waals surface area contributed by atoms with Gasteiger partial charge in [0.05, 0.1) is 11.8 Å². The lowest BCUT2D eigenvalue weighted by atomic mass is 10.0. The van der Waals surface area contributed by atoms with E-state index in [4.69, 9.17) is 0 Å². The van der Waals surface area contributed by atoms with Crippen LogP contribution in [0, 0.1) is 12.8 Å². The molecule has 0 aliphatic carbocycles. The molecule has 1 fully saturated rings. The number of aromatic nitrogens is 2. The summed E-state index contributed by atoms with van der Waals surface area (Å²) in [5.41, 5.74) is 1.49. The van der Waals surface area contributed by atoms with Crippen molar-refractivity contribution in [2.45, 2.75) is 19.8 Å². The Morgan fingerprint density at radius 3 is 3.00 bits per heavy atom. The van der Waals surface area contributed by atoms with Crippen LogP contribution in [0.4, 0.5) is 0 Å². The van der Waals surface area contributed by atoms with Gasteiger partial charge in [-0.05, 0) is 37.2 Å². The third-order valence-corrected chi connectivity index (χ3v) is 4.02. The summed E-state index contributed by atoms with van der Waals surface area (Å²) in [7, 11) is 0. The molecule has 1 amide bonds. The standard InChI is InChI=1S/C11H17N3OS/c1-8-10(7-13-14-8)11(15)12-6-9-2-4-16-5-3-9/h7,9H,2-6H2,1H3,(H,12,15)(H,13,14). The Morgan fingerprint density at radius 2 is 2.38 bits per heavy atom. The predicted octanol–water partition coefficient (Wildman–Crippen LogP) is 1.59. The molecule has 88 valence electrons. The van der Waals surface area contributed by atoms with Gasteiger partial charge in [0.25, 0.3) is 5.91 Å². The lowest BCUT2D eigenvalue weighted by molar-refractivity contribution is 0.0946. The minimum atomic E-state index is -0.00974. The quantitative estimate of drug-likeness (QED) is 0.842. The van der Waals surface area contributed by atoms with Crippen LogP contribution < -0.4 is 5.32 Å². The Morgan fingerprint density at radius 1 is 1.62 bits per heavy atom. The van der Waals surface area contributed by atoms with Crippen LogP contribution in [0.2, 0.25) is 0 Å². The molecule has 2 N–H and O–H groups in total. The number of amides is 1. The maximum atomic E-state index is 11.8. The maximum absolute atomic E-state index is 11.8. The van der Waals surface area contributed by atoms with Gasteiger partial charge in [-0.2, -0.15) is 16.9 Å². The van der Waals surface area contributed by atoms with Crippen LogP contribution in [0.3, 0.4) is 0 Å². The highest BCUT2D eigenvalue weighted by molar-refractivity contribution is 7.99. The van der Waals surface area contributed by atoms with E-state index < -0.39 is 0 Å². The van der Waals surface area contributed by atoms with E-state index in [1.54, 1.807) is 6.20 Å². The van der Waals surface area contributed by atoms with Crippen molar-refractivity contribution in [2.75, 3.05) is 18.1 Å². The van der Waals surface area contributed by atoms with E-state index in [0.717, 1.165) is 12.2 Å². The molecule has 16 heavy (non-hydrogen) atoms. The Hall–Kier alpha value is -0.970. The molecule has 0 atom stereocenters. The second kappa shape index (κ2) is 5.39. The molecule has 1 aromatic rings. The van der Waals surface area contributed by atoms with Crippen molar-refractivity contribution in [1.82, 2.24) is 15.5 Å². The average Bonchev–Trinajstić information content (AvgIpc) is 2.74. The zero-order chi connectivity index (χ0) is 11.4. The number of thioether (sulfide) groups is 1. The molecule has 0 saturated carbocycles. The lowest BCUT2D eigenvalue weighted by Crippen LogP contribution is -2.31. The number of aryl methyl sites for hydroxylation is 1. The molecule has 0 unspecified atom stereocenters. The highest BCUT2D eigenvalue weighted by Crippen LogP contribution is 2.21. The first-order chi connectivity index (χ1) is 7.77. The summed E-state index contributed by atoms with van der Waals surface area (Å²) >= 11 is 2.01. The van der Waals surface area contributed by atoms with Gasteiger partial charge in [0.1, 0.15) is 0 Å². The van der Waals surface area contributed by atoms with Crippen LogP contribution in [-0.4, -0.2) is 34.2 Å². The van der Waals surface area contributed by atoms with Gasteiger partial charge in [0.2, 0.25) is 0 Å². The zero-order valence-electron chi connectivity index (χ0n) is 9.45. The summed E-state index contributed by atoms with van der Waals surface area (Å²) in [6.07, 6.45) is 4.02. The van der Waals surface area contributed by atoms with Crippen molar-refractivity contribution in [3.8, 4) is 0 Å². The fourth-order valence-electron chi connectivity index (χ4n) is 1.86. The second-order valence-corrected chi connectivity index (χ2v) is 5.40. The van der Waals surface area contributed by atoms with Gasteiger partial charge in [0, 0.05) is 12.2 Å². The molecule has 1 aliphatic heterocycles. The number of H-pyrrole nitrogens is 1. The van der Waals surface area contributed by atoms with Gasteiger partial charge in [-0.25, -0.2) is 0 Å². The van der Waals surface area contributed by atoms with Gasteiger partial charge in [-0.15, -0.1) is 0 Å². The second-order valence-electron chi connectivity index (χ2n) is 4.17. The molecule has 2 rings (SSSR count). The Balaban J connectivity index is 1.81. The van der Waals surface area contributed by atoms with Crippen molar-refractivity contribution in [3.05, 3.63) is 17.5 Å². The maximum Gasteiger partial charge on any atom is 0.254 e. The van der Waals surface area contributed by atoms with Crippen LogP contribution in [0.1, 0.15) is 28.9 Å². The first-order valence-corrected chi connectivity index (χ1v) is 6.78. The highest BCUT2D eigenvalue weighted by atomic mass is 32.2. The zero-order valence-corrected chi connectivity index (χ0v) is 10.3. The van der Waals surface area contributed by atoms with Crippen molar-refractivity contribution in [3.63, 3.8) is 0 Å². The third-order valence-electron chi connectivity index (χ3n) is 2.97. The number of nitrogens with one attached hydrogen (secondary N) is 2. The monoisotopic (exact) mass is 239 g/mol. The normalized spacial score (nSPS) is 17.3. The molecule has 0 aromatic carbocycles. The van der Waals surface area contributed by atoms with Crippen molar-refractivity contribution >= 4 is 17.7 Å². The Kier molecular flexibility index (Phi) is 3.88. The molecule has 2 heterocycles. The topological polar surface area (TPSA) is 57.8 Å². The van der Waals surface area contributed by atoms with E-state index in [9.17, 15) is 4.79 Å². The molecule has 0 bridgehead atoms. The van der Waals surface area contributed by atoms with E-state index in [1.807, 2.05) is 18.7 Å². The molecular weight excluding hydrogens is 222 g/mol. The number of nitrogens with zero attached hydrogens (tertiary/aromatic N) is 1. The van der Waals surface area contributed by atoms with E-state index in [2.05, 4.69) is 15.5 Å². The molecular formula is C11H17N3OS. The minimum absolute atomic E-state index is 0.00974. The summed E-state index contributed by atoms with van der Waals surface area (Å²) in [6, 6.07) is 0. The third kappa shape index (κ3) is 2.78. The van der Waals surface area contributed by atoms with E-state index in [1.165, 1.54) is 24.3 Å². The van der Waals surface area contributed by atoms with Crippen LogP contribution >= 0.6 is 11.8 Å². The molecule has 0 radical (unpaired) electrons. The number of rotatable bonds is 3. The Labute approximate surface area is 99.6 Å². The number of hydrogen-bond acceptors (Lipinski definition) is 3. The summed E-state index contributed by atoms with van der Waals surface area (Å²) in [4.78, 5) is 11.8. The molecule has 0 spiro atoms. The number of carbonyl (C=O) groups excluding carboxylic acids is 1.